The van der Waals surface area contributed by atoms with Gasteiger partial charge in [-0.05, 0) is 12.1 Å². The van der Waals surface area contributed by atoms with Crippen LogP contribution in [0.2, 0.25) is 0 Å². The first-order valence-corrected chi connectivity index (χ1v) is 7.24. The molecule has 1 heterocycles. The van der Waals surface area contributed by atoms with Gasteiger partial charge < -0.3 is 4.90 Å². The summed E-state index contributed by atoms with van der Waals surface area (Å²) in [5.74, 6) is -0.104. The number of amides is 1. The highest BCUT2D eigenvalue weighted by Gasteiger charge is 2.19. The summed E-state index contributed by atoms with van der Waals surface area (Å²) in [6.45, 7) is 0.470. The lowest BCUT2D eigenvalue weighted by atomic mass is 10.1. The van der Waals surface area contributed by atoms with Crippen LogP contribution in [0.15, 0.2) is 34.9 Å². The number of carbonyl (C=O) groups is 1. The van der Waals surface area contributed by atoms with Gasteiger partial charge in [-0.25, -0.2) is 0 Å². The summed E-state index contributed by atoms with van der Waals surface area (Å²) in [5, 5.41) is 13.1. The van der Waals surface area contributed by atoms with Gasteiger partial charge in [-0.2, -0.15) is 10.4 Å². The SMILES string of the molecule is CN(C)C(=O)c1cn(CCC#N)nc1-c1cccc(Br)c1. The third-order valence-corrected chi connectivity index (χ3v) is 3.44. The van der Waals surface area contributed by atoms with Crippen LogP contribution in [0.25, 0.3) is 11.3 Å². The number of halogens is 1. The summed E-state index contributed by atoms with van der Waals surface area (Å²) in [6, 6.07) is 9.73. The molecule has 0 atom stereocenters. The molecule has 1 aromatic heterocycles. The van der Waals surface area contributed by atoms with Gasteiger partial charge in [0.05, 0.1) is 24.6 Å². The van der Waals surface area contributed by atoms with E-state index in [-0.39, 0.29) is 5.91 Å². The van der Waals surface area contributed by atoms with Crippen LogP contribution in [0.3, 0.4) is 0 Å². The summed E-state index contributed by atoms with van der Waals surface area (Å²) >= 11 is 3.43. The minimum atomic E-state index is -0.104. The average molecular weight is 347 g/mol. The number of rotatable bonds is 4. The van der Waals surface area contributed by atoms with E-state index in [9.17, 15) is 4.79 Å². The van der Waals surface area contributed by atoms with Crippen LogP contribution in [-0.2, 0) is 6.54 Å². The first-order chi connectivity index (χ1) is 10.0. The van der Waals surface area contributed by atoms with Gasteiger partial charge in [0.2, 0.25) is 0 Å². The molecule has 0 aliphatic carbocycles. The van der Waals surface area contributed by atoms with Crippen molar-refractivity contribution in [2.24, 2.45) is 0 Å². The Hall–Kier alpha value is -2.13. The highest BCUT2D eigenvalue weighted by atomic mass is 79.9. The van der Waals surface area contributed by atoms with Crippen molar-refractivity contribution in [3.63, 3.8) is 0 Å². The van der Waals surface area contributed by atoms with Gasteiger partial charge in [0.15, 0.2) is 0 Å². The van der Waals surface area contributed by atoms with Crippen molar-refractivity contribution < 1.29 is 4.79 Å². The van der Waals surface area contributed by atoms with Crippen LogP contribution < -0.4 is 0 Å². The fourth-order valence-corrected chi connectivity index (χ4v) is 2.35. The standard InChI is InChI=1S/C15H15BrN4O/c1-19(2)15(21)13-10-20(8-4-7-17)18-14(13)11-5-3-6-12(16)9-11/h3,5-6,9-10H,4,8H2,1-2H3. The second-order valence-electron chi connectivity index (χ2n) is 4.77. The highest BCUT2D eigenvalue weighted by molar-refractivity contribution is 9.10. The van der Waals surface area contributed by atoms with Crippen molar-refractivity contribution in [2.75, 3.05) is 14.1 Å². The maximum absolute atomic E-state index is 12.3. The Bertz CT molecular complexity index is 700. The zero-order valence-corrected chi connectivity index (χ0v) is 13.5. The molecule has 6 heteroatoms. The molecule has 1 amide bonds. The number of benzene rings is 1. The lowest BCUT2D eigenvalue weighted by Gasteiger charge is -2.09. The number of carbonyl (C=O) groups excluding carboxylic acids is 1. The topological polar surface area (TPSA) is 61.9 Å². The Morgan fingerprint density at radius 2 is 2.24 bits per heavy atom. The smallest absolute Gasteiger partial charge is 0.257 e. The third-order valence-electron chi connectivity index (χ3n) is 2.95. The van der Waals surface area contributed by atoms with Crippen molar-refractivity contribution in [1.82, 2.24) is 14.7 Å². The summed E-state index contributed by atoms with van der Waals surface area (Å²) in [5.41, 5.74) is 2.04. The van der Waals surface area contributed by atoms with E-state index in [1.165, 1.54) is 4.90 Å². The van der Waals surface area contributed by atoms with E-state index >= 15 is 0 Å². The highest BCUT2D eigenvalue weighted by Crippen LogP contribution is 2.25. The van der Waals surface area contributed by atoms with Crippen LogP contribution in [0.1, 0.15) is 16.8 Å². The Labute approximate surface area is 131 Å². The molecule has 21 heavy (non-hydrogen) atoms. The van der Waals surface area contributed by atoms with Gasteiger partial charge in [0, 0.05) is 30.3 Å². The lowest BCUT2D eigenvalue weighted by molar-refractivity contribution is 0.0828. The minimum absolute atomic E-state index is 0.104. The molecule has 0 N–H and O–H groups in total. The van der Waals surface area contributed by atoms with Crippen molar-refractivity contribution in [3.05, 3.63) is 40.5 Å². The lowest BCUT2D eigenvalue weighted by Crippen LogP contribution is -2.21. The molecule has 2 aromatic rings. The fraction of sp³-hybridized carbons (Fsp3) is 0.267. The Morgan fingerprint density at radius 3 is 2.86 bits per heavy atom. The second kappa shape index (κ2) is 6.55. The van der Waals surface area contributed by atoms with Crippen molar-refractivity contribution >= 4 is 21.8 Å². The number of aromatic nitrogens is 2. The zero-order chi connectivity index (χ0) is 15.4. The molecule has 5 nitrogen and oxygen atoms in total. The second-order valence-corrected chi connectivity index (χ2v) is 5.69. The normalized spacial score (nSPS) is 10.2. The van der Waals surface area contributed by atoms with Crippen LogP contribution in [0.5, 0.6) is 0 Å². The van der Waals surface area contributed by atoms with E-state index in [0.717, 1.165) is 10.0 Å². The molecule has 0 saturated carbocycles. The molecule has 0 unspecified atom stereocenters. The van der Waals surface area contributed by atoms with Gasteiger partial charge in [-0.1, -0.05) is 28.1 Å². The van der Waals surface area contributed by atoms with Gasteiger partial charge in [0.25, 0.3) is 5.91 Å². The van der Waals surface area contributed by atoms with Crippen LogP contribution in [0.4, 0.5) is 0 Å². The van der Waals surface area contributed by atoms with Crippen LogP contribution >= 0.6 is 15.9 Å². The average Bonchev–Trinajstić information content (AvgIpc) is 2.88. The first-order valence-electron chi connectivity index (χ1n) is 6.45. The van der Waals surface area contributed by atoms with Gasteiger partial charge >= 0.3 is 0 Å². The molecular weight excluding hydrogens is 332 g/mol. The van der Waals surface area contributed by atoms with E-state index in [0.29, 0.717) is 24.2 Å². The summed E-state index contributed by atoms with van der Waals surface area (Å²) in [6.07, 6.45) is 2.06. The number of nitriles is 1. The van der Waals surface area contributed by atoms with Crippen LogP contribution in [-0.4, -0.2) is 34.7 Å². The van der Waals surface area contributed by atoms with E-state index < -0.39 is 0 Å². The summed E-state index contributed by atoms with van der Waals surface area (Å²) in [7, 11) is 3.42. The zero-order valence-electron chi connectivity index (χ0n) is 11.9. The molecular formula is C15H15BrN4O. The third kappa shape index (κ3) is 3.50. The molecule has 0 fully saturated rings. The van der Waals surface area contributed by atoms with E-state index in [4.69, 9.17) is 5.26 Å². The fourth-order valence-electron chi connectivity index (χ4n) is 1.95. The maximum atomic E-state index is 12.3. The molecule has 0 bridgehead atoms. The molecule has 1 aromatic carbocycles. The molecule has 0 saturated heterocycles. The number of nitrogens with zero attached hydrogens (tertiary/aromatic N) is 4. The van der Waals surface area contributed by atoms with Gasteiger partial charge in [-0.15, -0.1) is 0 Å². The molecule has 0 radical (unpaired) electrons. The molecule has 0 spiro atoms. The van der Waals surface area contributed by atoms with Crippen molar-refractivity contribution in [3.8, 4) is 17.3 Å². The Balaban J connectivity index is 2.49. The van der Waals surface area contributed by atoms with E-state index in [2.05, 4.69) is 27.1 Å². The Kier molecular flexibility index (Phi) is 4.76. The number of hydrogen-bond acceptors (Lipinski definition) is 3. The summed E-state index contributed by atoms with van der Waals surface area (Å²) < 4.78 is 2.57. The predicted octanol–water partition coefficient (Wildman–Crippen LogP) is 2.93. The van der Waals surface area contributed by atoms with Crippen LogP contribution in [0, 0.1) is 11.3 Å². The number of hydrogen-bond donors (Lipinski definition) is 0. The van der Waals surface area contributed by atoms with Gasteiger partial charge in [0.1, 0.15) is 5.69 Å². The van der Waals surface area contributed by atoms with Crippen molar-refractivity contribution in [2.45, 2.75) is 13.0 Å². The van der Waals surface area contributed by atoms with E-state index in [1.54, 1.807) is 25.0 Å². The first kappa shape index (κ1) is 15.3. The largest absolute Gasteiger partial charge is 0.345 e. The monoisotopic (exact) mass is 346 g/mol. The minimum Gasteiger partial charge on any atom is -0.345 e. The predicted molar refractivity (Wildman–Crippen MR) is 83.6 cm³/mol. The van der Waals surface area contributed by atoms with Crippen molar-refractivity contribution in [1.29, 1.82) is 5.26 Å². The maximum Gasteiger partial charge on any atom is 0.257 e. The number of aryl methyl sites for hydroxylation is 1. The molecule has 0 aliphatic heterocycles. The quantitative estimate of drug-likeness (QED) is 0.854. The summed E-state index contributed by atoms with van der Waals surface area (Å²) in [4.78, 5) is 13.8. The van der Waals surface area contributed by atoms with E-state index in [1.807, 2.05) is 24.3 Å². The Morgan fingerprint density at radius 1 is 1.48 bits per heavy atom. The molecule has 108 valence electrons. The molecule has 2 rings (SSSR count). The molecule has 0 aliphatic rings. The van der Waals surface area contributed by atoms with Gasteiger partial charge in [-0.3, -0.25) is 9.48 Å².